The second kappa shape index (κ2) is 5.14. The Kier molecular flexibility index (Phi) is 3.18. The van der Waals surface area contributed by atoms with Gasteiger partial charge in [-0.1, -0.05) is 6.07 Å². The van der Waals surface area contributed by atoms with E-state index >= 15 is 0 Å². The van der Waals surface area contributed by atoms with Gasteiger partial charge < -0.3 is 5.32 Å². The molecule has 0 radical (unpaired) electrons. The molecule has 2 heterocycles. The Morgan fingerprint density at radius 2 is 2.21 bits per heavy atom. The maximum atomic E-state index is 12.1. The predicted octanol–water partition coefficient (Wildman–Crippen LogP) is 1.68. The quantitative estimate of drug-likeness (QED) is 0.885. The van der Waals surface area contributed by atoms with E-state index in [0.717, 1.165) is 25.0 Å². The minimum absolute atomic E-state index is 0.0283. The average Bonchev–Trinajstić information content (AvgIpc) is 2.48. The highest BCUT2D eigenvalue weighted by Gasteiger charge is 2.23. The lowest BCUT2D eigenvalue weighted by Crippen LogP contribution is -2.32. The number of pyridine rings is 1. The number of aryl methyl sites for hydroxylation is 1. The van der Waals surface area contributed by atoms with E-state index in [1.54, 1.807) is 12.4 Å². The van der Waals surface area contributed by atoms with Gasteiger partial charge in [-0.2, -0.15) is 0 Å². The van der Waals surface area contributed by atoms with Crippen LogP contribution in [0.4, 0.5) is 0 Å². The number of nitrogens with zero attached hydrogens (tertiary/aromatic N) is 3. The number of fused-ring (bicyclic) bond motifs is 1. The van der Waals surface area contributed by atoms with Crippen LogP contribution in [0.15, 0.2) is 36.9 Å². The summed E-state index contributed by atoms with van der Waals surface area (Å²) in [4.78, 5) is 24.4. The molecule has 1 atom stereocenters. The van der Waals surface area contributed by atoms with Gasteiger partial charge in [0.2, 0.25) is 0 Å². The zero-order valence-electron chi connectivity index (χ0n) is 10.4. The van der Waals surface area contributed by atoms with Crippen molar-refractivity contribution in [3.63, 3.8) is 0 Å². The molecule has 0 saturated carbocycles. The first kappa shape index (κ1) is 11.8. The lowest BCUT2D eigenvalue weighted by Gasteiger charge is -2.24. The van der Waals surface area contributed by atoms with Gasteiger partial charge in [-0.25, -0.2) is 4.98 Å². The topological polar surface area (TPSA) is 67.8 Å². The molecular formula is C14H14N4O. The van der Waals surface area contributed by atoms with Crippen LogP contribution in [-0.4, -0.2) is 20.9 Å². The van der Waals surface area contributed by atoms with Gasteiger partial charge in [0, 0.05) is 18.6 Å². The number of amides is 1. The molecule has 0 aliphatic heterocycles. The fraction of sp³-hybridized carbons (Fsp3) is 0.286. The summed E-state index contributed by atoms with van der Waals surface area (Å²) < 4.78 is 0. The third kappa shape index (κ3) is 2.45. The molecule has 2 aromatic rings. The molecule has 1 unspecified atom stereocenters. The van der Waals surface area contributed by atoms with Crippen LogP contribution in [-0.2, 0) is 6.42 Å². The Morgan fingerprint density at radius 3 is 3.05 bits per heavy atom. The molecule has 0 spiro atoms. The standard InChI is InChI=1S/C14H14N4O/c19-14(12-9-15-7-8-16-12)18-11-5-1-3-10-4-2-6-17-13(10)11/h2,4,6-9,11H,1,3,5H2,(H,18,19). The van der Waals surface area contributed by atoms with E-state index in [0.29, 0.717) is 5.69 Å². The van der Waals surface area contributed by atoms with E-state index in [4.69, 9.17) is 0 Å². The van der Waals surface area contributed by atoms with Crippen molar-refractivity contribution < 1.29 is 4.79 Å². The summed E-state index contributed by atoms with van der Waals surface area (Å²) in [6.45, 7) is 0. The van der Waals surface area contributed by atoms with Crippen molar-refractivity contribution >= 4 is 5.91 Å². The van der Waals surface area contributed by atoms with Crippen LogP contribution < -0.4 is 5.32 Å². The summed E-state index contributed by atoms with van der Waals surface area (Å²) in [6, 6.07) is 3.98. The number of aromatic nitrogens is 3. The highest BCUT2D eigenvalue weighted by Crippen LogP contribution is 2.27. The van der Waals surface area contributed by atoms with Crippen molar-refractivity contribution in [3.8, 4) is 0 Å². The lowest BCUT2D eigenvalue weighted by atomic mass is 9.92. The van der Waals surface area contributed by atoms with Crippen molar-refractivity contribution in [3.05, 3.63) is 53.9 Å². The number of hydrogen-bond acceptors (Lipinski definition) is 4. The summed E-state index contributed by atoms with van der Waals surface area (Å²) >= 11 is 0. The monoisotopic (exact) mass is 254 g/mol. The minimum atomic E-state index is -0.198. The minimum Gasteiger partial charge on any atom is -0.342 e. The Hall–Kier alpha value is -2.30. The molecule has 2 aromatic heterocycles. The maximum absolute atomic E-state index is 12.1. The molecule has 96 valence electrons. The van der Waals surface area contributed by atoms with Crippen molar-refractivity contribution in [2.45, 2.75) is 25.3 Å². The number of nitrogens with one attached hydrogen (secondary N) is 1. The highest BCUT2D eigenvalue weighted by atomic mass is 16.1. The van der Waals surface area contributed by atoms with E-state index < -0.39 is 0 Å². The summed E-state index contributed by atoms with van der Waals surface area (Å²) in [6.07, 6.45) is 9.31. The first-order valence-corrected chi connectivity index (χ1v) is 6.35. The molecule has 0 saturated heterocycles. The van der Waals surface area contributed by atoms with Crippen molar-refractivity contribution in [2.75, 3.05) is 0 Å². The zero-order chi connectivity index (χ0) is 13.1. The number of rotatable bonds is 2. The molecule has 0 bridgehead atoms. The molecule has 1 aliphatic carbocycles. The molecular weight excluding hydrogens is 240 g/mol. The van der Waals surface area contributed by atoms with Gasteiger partial charge >= 0.3 is 0 Å². The predicted molar refractivity (Wildman–Crippen MR) is 69.4 cm³/mol. The SMILES string of the molecule is O=C(NC1CCCc2cccnc21)c1cnccn1. The maximum Gasteiger partial charge on any atom is 0.272 e. The van der Waals surface area contributed by atoms with E-state index in [9.17, 15) is 4.79 Å². The largest absolute Gasteiger partial charge is 0.342 e. The number of carbonyl (C=O) groups excluding carboxylic acids is 1. The van der Waals surface area contributed by atoms with E-state index in [1.165, 1.54) is 18.0 Å². The third-order valence-electron chi connectivity index (χ3n) is 3.30. The highest BCUT2D eigenvalue weighted by molar-refractivity contribution is 5.92. The molecule has 1 aliphatic rings. The van der Waals surface area contributed by atoms with Crippen LogP contribution in [0.25, 0.3) is 0 Å². The second-order valence-electron chi connectivity index (χ2n) is 4.56. The Balaban J connectivity index is 1.80. The first-order chi connectivity index (χ1) is 9.34. The lowest BCUT2D eigenvalue weighted by molar-refractivity contribution is 0.0926. The van der Waals surface area contributed by atoms with Gasteiger partial charge in [0.25, 0.3) is 5.91 Å². The average molecular weight is 254 g/mol. The second-order valence-corrected chi connectivity index (χ2v) is 4.56. The molecule has 5 nitrogen and oxygen atoms in total. The van der Waals surface area contributed by atoms with Crippen LogP contribution in [0.1, 0.15) is 40.6 Å². The van der Waals surface area contributed by atoms with Crippen LogP contribution in [0.2, 0.25) is 0 Å². The van der Waals surface area contributed by atoms with Crippen LogP contribution in [0.3, 0.4) is 0 Å². The van der Waals surface area contributed by atoms with Crippen LogP contribution >= 0.6 is 0 Å². The van der Waals surface area contributed by atoms with Crippen molar-refractivity contribution in [2.24, 2.45) is 0 Å². The molecule has 1 N–H and O–H groups in total. The van der Waals surface area contributed by atoms with Gasteiger partial charge in [-0.15, -0.1) is 0 Å². The number of carbonyl (C=O) groups is 1. The fourth-order valence-corrected chi connectivity index (χ4v) is 2.40. The summed E-state index contributed by atoms with van der Waals surface area (Å²) in [5.41, 5.74) is 2.54. The summed E-state index contributed by atoms with van der Waals surface area (Å²) in [7, 11) is 0. The van der Waals surface area contributed by atoms with Gasteiger partial charge in [0.1, 0.15) is 5.69 Å². The first-order valence-electron chi connectivity index (χ1n) is 6.35. The van der Waals surface area contributed by atoms with E-state index in [-0.39, 0.29) is 11.9 Å². The molecule has 1 amide bonds. The van der Waals surface area contributed by atoms with E-state index in [2.05, 4.69) is 26.3 Å². The van der Waals surface area contributed by atoms with Crippen LogP contribution in [0, 0.1) is 0 Å². The normalized spacial score (nSPS) is 17.6. The summed E-state index contributed by atoms with van der Waals surface area (Å²) in [5.74, 6) is -0.198. The molecule has 0 fully saturated rings. The van der Waals surface area contributed by atoms with Gasteiger partial charge in [0.15, 0.2) is 0 Å². The molecule has 3 rings (SSSR count). The smallest absolute Gasteiger partial charge is 0.272 e. The third-order valence-corrected chi connectivity index (χ3v) is 3.30. The fourth-order valence-electron chi connectivity index (χ4n) is 2.40. The molecule has 0 aromatic carbocycles. The van der Waals surface area contributed by atoms with Crippen molar-refractivity contribution in [1.29, 1.82) is 0 Å². The van der Waals surface area contributed by atoms with Crippen LogP contribution in [0.5, 0.6) is 0 Å². The van der Waals surface area contributed by atoms with Gasteiger partial charge in [-0.3, -0.25) is 14.8 Å². The van der Waals surface area contributed by atoms with Crippen molar-refractivity contribution in [1.82, 2.24) is 20.3 Å². The molecule has 19 heavy (non-hydrogen) atoms. The Morgan fingerprint density at radius 1 is 1.26 bits per heavy atom. The Labute approximate surface area is 111 Å². The Bertz CT molecular complexity index is 585. The number of hydrogen-bond donors (Lipinski definition) is 1. The zero-order valence-corrected chi connectivity index (χ0v) is 10.4. The van der Waals surface area contributed by atoms with Gasteiger partial charge in [0.05, 0.1) is 17.9 Å². The van der Waals surface area contributed by atoms with Gasteiger partial charge in [-0.05, 0) is 30.9 Å². The summed E-state index contributed by atoms with van der Waals surface area (Å²) in [5, 5.41) is 2.99. The van der Waals surface area contributed by atoms with E-state index in [1.807, 2.05) is 6.07 Å². The molecule has 5 heteroatoms.